The van der Waals surface area contributed by atoms with Crippen molar-refractivity contribution in [3.05, 3.63) is 58.7 Å². The molecule has 4 aromatic rings. The van der Waals surface area contributed by atoms with E-state index >= 15 is 0 Å². The van der Waals surface area contributed by atoms with Gasteiger partial charge < -0.3 is 0 Å². The van der Waals surface area contributed by atoms with E-state index in [9.17, 15) is 0 Å². The molecule has 0 fully saturated rings. The molecule has 0 aromatic heterocycles. The van der Waals surface area contributed by atoms with Gasteiger partial charge in [0.15, 0.2) is 0 Å². The summed E-state index contributed by atoms with van der Waals surface area (Å²) in [4.78, 5) is 0. The van der Waals surface area contributed by atoms with Crippen molar-refractivity contribution >= 4 is 32.3 Å². The number of unbranched alkanes of at least 4 members (excludes halogenated alkanes) is 10. The van der Waals surface area contributed by atoms with Crippen molar-refractivity contribution in [2.75, 3.05) is 0 Å². The van der Waals surface area contributed by atoms with Gasteiger partial charge in [-0.3, -0.25) is 0 Å². The largest absolute Gasteiger partial charge is 0.0656 e. The first kappa shape index (κ1) is 29.5. The van der Waals surface area contributed by atoms with Crippen LogP contribution in [-0.4, -0.2) is 0 Å². The third-order valence-corrected chi connectivity index (χ3v) is 8.08. The van der Waals surface area contributed by atoms with E-state index in [1.807, 2.05) is 0 Å². The number of rotatable bonds is 14. The summed E-state index contributed by atoms with van der Waals surface area (Å²) >= 11 is 0. The Bertz CT molecular complexity index is 1120. The van der Waals surface area contributed by atoms with Crippen LogP contribution in [0.25, 0.3) is 32.3 Å². The zero-order valence-electron chi connectivity index (χ0n) is 25.1. The average Bonchev–Trinajstić information content (AvgIpc) is 2.89. The Hall–Kier alpha value is -2.08. The fraction of sp³-hybridized carbons (Fsp3) is 0.568. The lowest BCUT2D eigenvalue weighted by Gasteiger charge is -2.19. The molecule has 0 atom stereocenters. The highest BCUT2D eigenvalue weighted by Crippen LogP contribution is 2.40. The number of hydrogen-bond donors (Lipinski definition) is 0. The summed E-state index contributed by atoms with van der Waals surface area (Å²) in [6.45, 7) is 13.5. The summed E-state index contributed by atoms with van der Waals surface area (Å²) < 4.78 is 0. The van der Waals surface area contributed by atoms with Crippen LogP contribution in [0.15, 0.2) is 36.4 Å². The zero-order valence-corrected chi connectivity index (χ0v) is 25.1. The van der Waals surface area contributed by atoms with Gasteiger partial charge in [-0.05, 0) is 94.1 Å². The number of benzene rings is 4. The molecule has 0 aliphatic rings. The molecule has 37 heavy (non-hydrogen) atoms. The van der Waals surface area contributed by atoms with Crippen molar-refractivity contribution in [2.45, 2.75) is 138 Å². The first-order valence-corrected chi connectivity index (χ1v) is 15.8. The van der Waals surface area contributed by atoms with Crippen LogP contribution in [0.1, 0.15) is 133 Å². The fourth-order valence-electron chi connectivity index (χ4n) is 6.13. The molecule has 0 saturated carbocycles. The van der Waals surface area contributed by atoms with Gasteiger partial charge in [-0.15, -0.1) is 0 Å². The molecule has 0 radical (unpaired) electrons. The van der Waals surface area contributed by atoms with Crippen molar-refractivity contribution in [1.29, 1.82) is 0 Å². The Labute approximate surface area is 228 Å². The second kappa shape index (κ2) is 15.4. The maximum Gasteiger partial charge on any atom is -0.00212 e. The molecule has 0 N–H and O–H groups in total. The van der Waals surface area contributed by atoms with E-state index in [1.54, 1.807) is 11.1 Å². The highest BCUT2D eigenvalue weighted by molar-refractivity contribution is 6.25. The Morgan fingerprint density at radius 3 is 1.14 bits per heavy atom. The second-order valence-electron chi connectivity index (χ2n) is 11.5. The van der Waals surface area contributed by atoms with Crippen LogP contribution in [0.4, 0.5) is 0 Å². The molecule has 0 bridgehead atoms. The predicted octanol–water partition coefficient (Wildman–Crippen LogP) is 12.4. The molecule has 4 aromatic carbocycles. The molecule has 0 heterocycles. The van der Waals surface area contributed by atoms with Crippen molar-refractivity contribution in [1.82, 2.24) is 0 Å². The normalized spacial score (nSPS) is 11.5. The number of aryl methyl sites for hydroxylation is 4. The zero-order chi connectivity index (χ0) is 26.6. The lowest BCUT2D eigenvalue weighted by atomic mass is 9.85. The molecule has 4 rings (SSSR count). The average molecular weight is 499 g/mol. The third-order valence-electron chi connectivity index (χ3n) is 8.08. The molecule has 0 heteroatoms. The van der Waals surface area contributed by atoms with Gasteiger partial charge in [-0.2, -0.15) is 0 Å². The SMILES string of the molecule is CCC.CCCCCCCCc1cc(C)c2ccc3c(C)cc(CCCCCCCC)c4ccc1c2c34. The number of hydrogen-bond acceptors (Lipinski definition) is 0. The van der Waals surface area contributed by atoms with E-state index in [2.05, 4.69) is 77.9 Å². The van der Waals surface area contributed by atoms with E-state index in [0.717, 1.165) is 0 Å². The quantitative estimate of drug-likeness (QED) is 0.120. The van der Waals surface area contributed by atoms with E-state index in [4.69, 9.17) is 0 Å². The standard InChI is InChI=1S/C34H46.C3H8/c1-5-7-9-11-13-15-17-27-23-25(3)29-19-20-30-26(4)24-28(18-16-14-12-10-8-6-2)32-22-21-31(27)33(29)34(30)32;1-3-2/h19-24H,5-18H2,1-4H3;3H2,1-2H3. The van der Waals surface area contributed by atoms with E-state index in [1.165, 1.54) is 140 Å². The summed E-state index contributed by atoms with van der Waals surface area (Å²) in [6.07, 6.45) is 20.0. The minimum Gasteiger partial charge on any atom is -0.0656 e. The van der Waals surface area contributed by atoms with Gasteiger partial charge in [0.25, 0.3) is 0 Å². The Kier molecular flexibility index (Phi) is 12.2. The molecule has 202 valence electrons. The van der Waals surface area contributed by atoms with Crippen LogP contribution in [0.5, 0.6) is 0 Å². The molecule has 0 amide bonds. The monoisotopic (exact) mass is 498 g/mol. The van der Waals surface area contributed by atoms with Crippen LogP contribution >= 0.6 is 0 Å². The smallest absolute Gasteiger partial charge is 0.00212 e. The second-order valence-corrected chi connectivity index (χ2v) is 11.5. The van der Waals surface area contributed by atoms with Gasteiger partial charge in [-0.25, -0.2) is 0 Å². The van der Waals surface area contributed by atoms with Crippen molar-refractivity contribution < 1.29 is 0 Å². The molecule has 0 spiro atoms. The van der Waals surface area contributed by atoms with Crippen LogP contribution in [0.3, 0.4) is 0 Å². The first-order valence-electron chi connectivity index (χ1n) is 15.8. The summed E-state index contributed by atoms with van der Waals surface area (Å²) in [5, 5.41) is 8.98. The van der Waals surface area contributed by atoms with Crippen molar-refractivity contribution in [3.8, 4) is 0 Å². The predicted molar refractivity (Wildman–Crippen MR) is 170 cm³/mol. The lowest BCUT2D eigenvalue weighted by Crippen LogP contribution is -1.97. The first-order chi connectivity index (χ1) is 18.1. The minimum absolute atomic E-state index is 1.21. The molecule has 0 nitrogen and oxygen atoms in total. The van der Waals surface area contributed by atoms with E-state index in [0.29, 0.717) is 0 Å². The summed E-state index contributed by atoms with van der Waals surface area (Å²) in [5.41, 5.74) is 6.02. The van der Waals surface area contributed by atoms with Gasteiger partial charge in [-0.1, -0.05) is 135 Å². The molecule has 0 aliphatic carbocycles. The molecular formula is C37H54. The van der Waals surface area contributed by atoms with Gasteiger partial charge in [0.05, 0.1) is 0 Å². The molecule has 0 saturated heterocycles. The minimum atomic E-state index is 1.21. The van der Waals surface area contributed by atoms with Gasteiger partial charge in [0, 0.05) is 0 Å². The molecular weight excluding hydrogens is 444 g/mol. The summed E-state index contributed by atoms with van der Waals surface area (Å²) in [7, 11) is 0. The topological polar surface area (TPSA) is 0 Å². The van der Waals surface area contributed by atoms with Gasteiger partial charge in [0.1, 0.15) is 0 Å². The third kappa shape index (κ3) is 7.49. The van der Waals surface area contributed by atoms with Gasteiger partial charge in [0.2, 0.25) is 0 Å². The van der Waals surface area contributed by atoms with E-state index in [-0.39, 0.29) is 0 Å². The van der Waals surface area contributed by atoms with Crippen molar-refractivity contribution in [3.63, 3.8) is 0 Å². The fourth-order valence-corrected chi connectivity index (χ4v) is 6.13. The highest BCUT2D eigenvalue weighted by atomic mass is 14.2. The lowest BCUT2D eigenvalue weighted by molar-refractivity contribution is 0.608. The maximum atomic E-state index is 2.48. The van der Waals surface area contributed by atoms with Crippen LogP contribution in [0.2, 0.25) is 0 Å². The maximum absolute atomic E-state index is 2.48. The summed E-state index contributed by atoms with van der Waals surface area (Å²) in [5.74, 6) is 0. The highest BCUT2D eigenvalue weighted by Gasteiger charge is 2.16. The Morgan fingerprint density at radius 2 is 0.757 bits per heavy atom. The van der Waals surface area contributed by atoms with Crippen LogP contribution in [0, 0.1) is 13.8 Å². The summed E-state index contributed by atoms with van der Waals surface area (Å²) in [6, 6.07) is 14.6. The molecule has 0 aliphatic heterocycles. The Morgan fingerprint density at radius 1 is 0.432 bits per heavy atom. The van der Waals surface area contributed by atoms with Crippen LogP contribution < -0.4 is 0 Å². The molecule has 0 unspecified atom stereocenters. The Balaban J connectivity index is 0.00000121. The van der Waals surface area contributed by atoms with Crippen LogP contribution in [-0.2, 0) is 12.8 Å². The van der Waals surface area contributed by atoms with Crippen molar-refractivity contribution in [2.24, 2.45) is 0 Å². The van der Waals surface area contributed by atoms with Gasteiger partial charge >= 0.3 is 0 Å². The van der Waals surface area contributed by atoms with E-state index < -0.39 is 0 Å².